The summed E-state index contributed by atoms with van der Waals surface area (Å²) in [4.78, 5) is 33.2. The number of alkyl halides is 1. The van der Waals surface area contributed by atoms with Gasteiger partial charge in [0, 0.05) is 0 Å². The maximum absolute atomic E-state index is 12.8. The number of carbonyl (C=O) groups excluding carboxylic acids is 3. The highest BCUT2D eigenvalue weighted by molar-refractivity contribution is 6.05. The first-order valence-electron chi connectivity index (χ1n) is 3.72. The van der Waals surface area contributed by atoms with Gasteiger partial charge in [-0.05, 0) is 6.92 Å². The van der Waals surface area contributed by atoms with Crippen molar-refractivity contribution in [2.75, 3.05) is 13.2 Å². The van der Waals surface area contributed by atoms with Crippen LogP contribution in [-0.4, -0.2) is 41.9 Å². The summed E-state index contributed by atoms with van der Waals surface area (Å²) in [5.74, 6) is -2.14. The minimum absolute atomic E-state index is 0.0995. The lowest BCUT2D eigenvalue weighted by molar-refractivity contribution is -0.150. The molecule has 13 heavy (non-hydrogen) atoms. The van der Waals surface area contributed by atoms with E-state index in [1.165, 1.54) is 6.92 Å². The summed E-state index contributed by atoms with van der Waals surface area (Å²) in [7, 11) is 0. The normalized spacial score (nSPS) is 22.9. The smallest absolute Gasteiger partial charge is 0.268 e. The van der Waals surface area contributed by atoms with Gasteiger partial charge in [-0.2, -0.15) is 0 Å². The molecule has 1 atom stereocenters. The Balaban J connectivity index is 2.64. The van der Waals surface area contributed by atoms with E-state index in [2.05, 4.69) is 5.32 Å². The zero-order valence-corrected chi connectivity index (χ0v) is 7.04. The fourth-order valence-electron chi connectivity index (χ4n) is 1.02. The monoisotopic (exact) mass is 188 g/mol. The fourth-order valence-corrected chi connectivity index (χ4v) is 1.02. The topological polar surface area (TPSA) is 66.5 Å². The minimum atomic E-state index is -2.17. The highest BCUT2D eigenvalue weighted by Gasteiger charge is 2.35. The van der Waals surface area contributed by atoms with E-state index < -0.39 is 18.0 Å². The average Bonchev–Trinajstić information content (AvgIpc) is 2.06. The SMILES string of the molecule is CC(=O)CN1CNC(=O)[C@H](F)C1=O. The number of hydrogen-bond acceptors (Lipinski definition) is 3. The van der Waals surface area contributed by atoms with Crippen LogP contribution in [0.5, 0.6) is 0 Å². The Morgan fingerprint density at radius 2 is 2.31 bits per heavy atom. The van der Waals surface area contributed by atoms with E-state index in [1.807, 2.05) is 0 Å². The third kappa shape index (κ3) is 2.01. The van der Waals surface area contributed by atoms with Crippen molar-refractivity contribution in [2.45, 2.75) is 13.1 Å². The number of halogens is 1. The molecule has 6 heteroatoms. The van der Waals surface area contributed by atoms with Crippen molar-refractivity contribution in [2.24, 2.45) is 0 Å². The van der Waals surface area contributed by atoms with Crippen LogP contribution in [0.25, 0.3) is 0 Å². The molecule has 0 aliphatic carbocycles. The maximum Gasteiger partial charge on any atom is 0.268 e. The molecule has 1 fully saturated rings. The highest BCUT2D eigenvalue weighted by Crippen LogP contribution is 2.04. The Morgan fingerprint density at radius 3 is 2.85 bits per heavy atom. The molecular formula is C7H9FN2O3. The van der Waals surface area contributed by atoms with Crippen molar-refractivity contribution >= 4 is 17.6 Å². The molecular weight excluding hydrogens is 179 g/mol. The van der Waals surface area contributed by atoms with Crippen molar-refractivity contribution in [3.8, 4) is 0 Å². The lowest BCUT2D eigenvalue weighted by atomic mass is 10.2. The lowest BCUT2D eigenvalue weighted by Gasteiger charge is -2.27. The van der Waals surface area contributed by atoms with E-state index in [4.69, 9.17) is 0 Å². The standard InChI is InChI=1S/C7H9FN2O3/c1-4(11)2-10-3-9-6(12)5(8)7(10)13/h5H,2-3H2,1H3,(H,9,12)/t5-/m0/s1. The van der Waals surface area contributed by atoms with Crippen LogP contribution in [0, 0.1) is 0 Å². The molecule has 0 unspecified atom stereocenters. The van der Waals surface area contributed by atoms with Crippen LogP contribution in [0.3, 0.4) is 0 Å². The molecule has 0 aromatic carbocycles. The summed E-state index contributed by atoms with van der Waals surface area (Å²) in [5, 5.41) is 2.16. The Hall–Kier alpha value is -1.46. The number of ketones is 1. The van der Waals surface area contributed by atoms with E-state index in [1.54, 1.807) is 0 Å². The lowest BCUT2D eigenvalue weighted by Crippen LogP contribution is -2.56. The fraction of sp³-hybridized carbons (Fsp3) is 0.571. The molecule has 1 heterocycles. The third-order valence-electron chi connectivity index (χ3n) is 1.62. The molecule has 5 nitrogen and oxygen atoms in total. The van der Waals surface area contributed by atoms with Crippen LogP contribution in [0.1, 0.15) is 6.92 Å². The molecule has 0 aromatic rings. The number of nitrogens with zero attached hydrogens (tertiary/aromatic N) is 1. The Labute approximate surface area is 73.9 Å². The van der Waals surface area contributed by atoms with Gasteiger partial charge in [0.15, 0.2) is 0 Å². The predicted molar refractivity (Wildman–Crippen MR) is 40.3 cm³/mol. The summed E-state index contributed by atoms with van der Waals surface area (Å²) >= 11 is 0. The Morgan fingerprint density at radius 1 is 1.69 bits per heavy atom. The van der Waals surface area contributed by atoms with Gasteiger partial charge in [-0.3, -0.25) is 14.4 Å². The summed E-state index contributed by atoms with van der Waals surface area (Å²) in [5.41, 5.74) is 0. The van der Waals surface area contributed by atoms with Gasteiger partial charge in [0.05, 0.1) is 13.2 Å². The first-order chi connectivity index (χ1) is 6.02. The summed E-state index contributed by atoms with van der Waals surface area (Å²) in [6.45, 7) is 1.02. The molecule has 0 aromatic heterocycles. The maximum atomic E-state index is 12.8. The molecule has 0 radical (unpaired) electrons. The molecule has 1 N–H and O–H groups in total. The third-order valence-corrected chi connectivity index (χ3v) is 1.62. The molecule has 1 aliphatic heterocycles. The molecule has 1 saturated heterocycles. The second kappa shape index (κ2) is 3.51. The van der Waals surface area contributed by atoms with Crippen LogP contribution in [-0.2, 0) is 14.4 Å². The number of Topliss-reactive ketones (excluding diaryl/α,β-unsaturated/α-hetero) is 1. The number of rotatable bonds is 2. The van der Waals surface area contributed by atoms with Gasteiger partial charge >= 0.3 is 0 Å². The molecule has 2 amide bonds. The molecule has 1 aliphatic rings. The number of carbonyl (C=O) groups is 3. The number of nitrogens with one attached hydrogen (secondary N) is 1. The van der Waals surface area contributed by atoms with Gasteiger partial charge in [-0.15, -0.1) is 0 Å². The van der Waals surface area contributed by atoms with Crippen molar-refractivity contribution in [3.63, 3.8) is 0 Å². The second-order valence-corrected chi connectivity index (χ2v) is 2.80. The average molecular weight is 188 g/mol. The Kier molecular flexibility index (Phi) is 2.60. The first kappa shape index (κ1) is 9.63. The van der Waals surface area contributed by atoms with Crippen LogP contribution in [0.15, 0.2) is 0 Å². The largest absolute Gasteiger partial charge is 0.335 e. The predicted octanol–water partition coefficient (Wildman–Crippen LogP) is -1.17. The van der Waals surface area contributed by atoms with Gasteiger partial charge in [0.1, 0.15) is 5.78 Å². The van der Waals surface area contributed by atoms with Crippen molar-refractivity contribution in [1.82, 2.24) is 10.2 Å². The van der Waals surface area contributed by atoms with Crippen LogP contribution in [0.2, 0.25) is 0 Å². The zero-order chi connectivity index (χ0) is 10.0. The summed E-state index contributed by atoms with van der Waals surface area (Å²) in [6, 6.07) is 0. The van der Waals surface area contributed by atoms with Crippen molar-refractivity contribution in [1.29, 1.82) is 0 Å². The Bertz CT molecular complexity index is 266. The van der Waals surface area contributed by atoms with Crippen molar-refractivity contribution < 1.29 is 18.8 Å². The van der Waals surface area contributed by atoms with Gasteiger partial charge in [-0.25, -0.2) is 4.39 Å². The molecule has 0 spiro atoms. The van der Waals surface area contributed by atoms with Crippen molar-refractivity contribution in [3.05, 3.63) is 0 Å². The van der Waals surface area contributed by atoms with E-state index in [0.29, 0.717) is 0 Å². The highest BCUT2D eigenvalue weighted by atomic mass is 19.1. The van der Waals surface area contributed by atoms with Gasteiger partial charge in [0.2, 0.25) is 0 Å². The molecule has 1 rings (SSSR count). The molecule has 0 saturated carbocycles. The van der Waals surface area contributed by atoms with Gasteiger partial charge in [0.25, 0.3) is 18.0 Å². The quantitative estimate of drug-likeness (QED) is 0.555. The first-order valence-corrected chi connectivity index (χ1v) is 3.72. The van der Waals surface area contributed by atoms with Gasteiger partial charge < -0.3 is 10.2 Å². The molecule has 0 bridgehead atoms. The molecule has 72 valence electrons. The van der Waals surface area contributed by atoms with Crippen LogP contribution in [0.4, 0.5) is 4.39 Å². The van der Waals surface area contributed by atoms with Crippen LogP contribution >= 0.6 is 0 Å². The zero-order valence-electron chi connectivity index (χ0n) is 7.04. The summed E-state index contributed by atoms with van der Waals surface area (Å²) < 4.78 is 12.8. The summed E-state index contributed by atoms with van der Waals surface area (Å²) in [6.07, 6.45) is -2.17. The minimum Gasteiger partial charge on any atom is -0.335 e. The number of hydrogen-bond donors (Lipinski definition) is 1. The van der Waals surface area contributed by atoms with E-state index in [9.17, 15) is 18.8 Å². The van der Waals surface area contributed by atoms with Gasteiger partial charge in [-0.1, -0.05) is 0 Å². The van der Waals surface area contributed by atoms with Crippen LogP contribution < -0.4 is 5.32 Å². The second-order valence-electron chi connectivity index (χ2n) is 2.80. The van der Waals surface area contributed by atoms with E-state index >= 15 is 0 Å². The van der Waals surface area contributed by atoms with E-state index in [0.717, 1.165) is 4.90 Å². The number of amides is 2. The van der Waals surface area contributed by atoms with E-state index in [-0.39, 0.29) is 19.0 Å².